The highest BCUT2D eigenvalue weighted by molar-refractivity contribution is 7.89. The van der Waals surface area contributed by atoms with Gasteiger partial charge in [0.1, 0.15) is 0 Å². The number of ether oxygens (including phenoxy) is 1. The highest BCUT2D eigenvalue weighted by Gasteiger charge is 2.19. The zero-order chi connectivity index (χ0) is 20.2. The molecule has 0 heterocycles. The number of benzene rings is 2. The Morgan fingerprint density at radius 2 is 1.64 bits per heavy atom. The van der Waals surface area contributed by atoms with E-state index in [4.69, 9.17) is 4.74 Å². The number of unbranched alkanes of at least 4 members (excludes halogenated alkanes) is 3. The summed E-state index contributed by atoms with van der Waals surface area (Å²) in [7, 11) is -3.51. The maximum atomic E-state index is 12.7. The Bertz CT molecular complexity index is 773. The van der Waals surface area contributed by atoms with Crippen LogP contribution in [0.1, 0.15) is 56.6 Å². The van der Waals surface area contributed by atoms with Crippen molar-refractivity contribution in [1.29, 1.82) is 0 Å². The highest BCUT2D eigenvalue weighted by atomic mass is 32.2. The number of nitrogens with one attached hydrogen (secondary N) is 1. The van der Waals surface area contributed by atoms with Gasteiger partial charge in [0, 0.05) is 12.6 Å². The molecule has 2 aromatic rings. The molecular formula is C23H33NO3S. The summed E-state index contributed by atoms with van der Waals surface area (Å²) in [6, 6.07) is 16.9. The molecule has 1 N–H and O–H groups in total. The molecule has 0 fully saturated rings. The smallest absolute Gasteiger partial charge is 0.240 e. The first-order valence-corrected chi connectivity index (χ1v) is 11.7. The summed E-state index contributed by atoms with van der Waals surface area (Å²) in [6.07, 6.45) is 6.00. The summed E-state index contributed by atoms with van der Waals surface area (Å²) in [5.41, 5.74) is 2.17. The predicted molar refractivity (Wildman–Crippen MR) is 115 cm³/mol. The van der Waals surface area contributed by atoms with Crippen molar-refractivity contribution in [2.45, 2.75) is 69.9 Å². The van der Waals surface area contributed by atoms with Crippen molar-refractivity contribution in [1.82, 2.24) is 4.72 Å². The van der Waals surface area contributed by atoms with E-state index in [9.17, 15) is 8.42 Å². The Kier molecular flexibility index (Phi) is 9.68. The van der Waals surface area contributed by atoms with E-state index < -0.39 is 10.0 Å². The zero-order valence-electron chi connectivity index (χ0n) is 17.1. The van der Waals surface area contributed by atoms with Gasteiger partial charge in [-0.3, -0.25) is 0 Å². The molecule has 0 spiro atoms. The van der Waals surface area contributed by atoms with Gasteiger partial charge in [-0.2, -0.15) is 0 Å². The second-order valence-corrected chi connectivity index (χ2v) is 9.02. The second-order valence-electron chi connectivity index (χ2n) is 7.31. The van der Waals surface area contributed by atoms with Crippen LogP contribution in [-0.4, -0.2) is 21.1 Å². The lowest BCUT2D eigenvalue weighted by Crippen LogP contribution is -2.35. The number of sulfonamides is 1. The van der Waals surface area contributed by atoms with Crippen molar-refractivity contribution in [3.8, 4) is 0 Å². The van der Waals surface area contributed by atoms with Gasteiger partial charge in [0.25, 0.3) is 0 Å². The maximum absolute atomic E-state index is 12.7. The molecule has 0 bridgehead atoms. The molecule has 154 valence electrons. The third-order valence-corrected chi connectivity index (χ3v) is 6.32. The van der Waals surface area contributed by atoms with Crippen molar-refractivity contribution in [3.63, 3.8) is 0 Å². The summed E-state index contributed by atoms with van der Waals surface area (Å²) in [4.78, 5) is 0.321. The third-order valence-electron chi connectivity index (χ3n) is 4.78. The zero-order valence-corrected chi connectivity index (χ0v) is 17.9. The van der Waals surface area contributed by atoms with E-state index in [0.717, 1.165) is 30.4 Å². The van der Waals surface area contributed by atoms with Crippen LogP contribution in [0.3, 0.4) is 0 Å². The lowest BCUT2D eigenvalue weighted by Gasteiger charge is -2.19. The normalized spacial score (nSPS) is 12.8. The lowest BCUT2D eigenvalue weighted by molar-refractivity contribution is 0.112. The maximum Gasteiger partial charge on any atom is 0.240 e. The SMILES string of the molecule is CCCCCCC(CCOCc1ccccc1)NS(=O)(=O)c1ccc(C)cc1. The van der Waals surface area contributed by atoms with Gasteiger partial charge in [-0.1, -0.05) is 80.6 Å². The summed E-state index contributed by atoms with van der Waals surface area (Å²) in [5, 5.41) is 0. The van der Waals surface area contributed by atoms with Crippen molar-refractivity contribution in [3.05, 3.63) is 65.7 Å². The van der Waals surface area contributed by atoms with E-state index in [1.165, 1.54) is 12.8 Å². The van der Waals surface area contributed by atoms with Gasteiger partial charge in [-0.25, -0.2) is 13.1 Å². The fraction of sp³-hybridized carbons (Fsp3) is 0.478. The quantitative estimate of drug-likeness (QED) is 0.467. The average molecular weight is 404 g/mol. The minimum absolute atomic E-state index is 0.112. The Hall–Kier alpha value is -1.69. The number of rotatable bonds is 13. The van der Waals surface area contributed by atoms with Gasteiger partial charge in [0.05, 0.1) is 11.5 Å². The fourth-order valence-corrected chi connectivity index (χ4v) is 4.38. The molecule has 0 aliphatic rings. The van der Waals surface area contributed by atoms with Gasteiger partial charge in [0.2, 0.25) is 10.0 Å². The van der Waals surface area contributed by atoms with Crippen LogP contribution in [0.15, 0.2) is 59.5 Å². The summed E-state index contributed by atoms with van der Waals surface area (Å²) in [5.74, 6) is 0. The van der Waals surface area contributed by atoms with E-state index >= 15 is 0 Å². The van der Waals surface area contributed by atoms with E-state index in [0.29, 0.717) is 24.5 Å². The molecule has 0 aliphatic carbocycles. The minimum atomic E-state index is -3.51. The molecule has 2 rings (SSSR count). The lowest BCUT2D eigenvalue weighted by atomic mass is 10.1. The largest absolute Gasteiger partial charge is 0.377 e. The topological polar surface area (TPSA) is 55.4 Å². The first kappa shape index (κ1) is 22.6. The fourth-order valence-electron chi connectivity index (χ4n) is 3.07. The van der Waals surface area contributed by atoms with Crippen LogP contribution in [0.2, 0.25) is 0 Å². The van der Waals surface area contributed by atoms with E-state index in [1.807, 2.05) is 49.4 Å². The molecule has 0 amide bonds. The van der Waals surface area contributed by atoms with Crippen LogP contribution >= 0.6 is 0 Å². The first-order valence-electron chi connectivity index (χ1n) is 10.2. The second kappa shape index (κ2) is 12.0. The standard InChI is InChI=1S/C23H33NO3S/c1-3-4-5-9-12-22(17-18-27-19-21-10-7-6-8-11-21)24-28(25,26)23-15-13-20(2)14-16-23/h6-8,10-11,13-16,22,24H,3-5,9,12,17-19H2,1-2H3. The van der Waals surface area contributed by atoms with Crippen molar-refractivity contribution in [2.24, 2.45) is 0 Å². The molecule has 0 aliphatic heterocycles. The Morgan fingerprint density at radius 1 is 0.929 bits per heavy atom. The Morgan fingerprint density at radius 3 is 2.32 bits per heavy atom. The van der Waals surface area contributed by atoms with Crippen LogP contribution in [0, 0.1) is 6.92 Å². The summed E-state index contributed by atoms with van der Waals surface area (Å²) < 4.78 is 34.2. The Labute approximate surface area is 170 Å². The average Bonchev–Trinajstić information content (AvgIpc) is 2.69. The van der Waals surface area contributed by atoms with Gasteiger partial charge in [-0.15, -0.1) is 0 Å². The van der Waals surface area contributed by atoms with Crippen LogP contribution < -0.4 is 4.72 Å². The molecule has 0 radical (unpaired) electrons. The van der Waals surface area contributed by atoms with Crippen molar-refractivity contribution in [2.75, 3.05) is 6.61 Å². The predicted octanol–water partition coefficient (Wildman–Crippen LogP) is 5.22. The molecule has 0 saturated heterocycles. The van der Waals surface area contributed by atoms with Crippen LogP contribution in [-0.2, 0) is 21.4 Å². The molecular weight excluding hydrogens is 370 g/mol. The first-order chi connectivity index (χ1) is 13.5. The summed E-state index contributed by atoms with van der Waals surface area (Å²) >= 11 is 0. The third kappa shape index (κ3) is 8.13. The van der Waals surface area contributed by atoms with E-state index in [1.54, 1.807) is 12.1 Å². The molecule has 2 aromatic carbocycles. The Balaban J connectivity index is 1.90. The van der Waals surface area contributed by atoms with Gasteiger partial charge >= 0.3 is 0 Å². The van der Waals surface area contributed by atoms with E-state index in [2.05, 4.69) is 11.6 Å². The molecule has 5 heteroatoms. The molecule has 1 unspecified atom stereocenters. The molecule has 1 atom stereocenters. The number of hydrogen-bond donors (Lipinski definition) is 1. The van der Waals surface area contributed by atoms with Gasteiger partial charge in [0.15, 0.2) is 0 Å². The van der Waals surface area contributed by atoms with Gasteiger partial charge < -0.3 is 4.74 Å². The summed E-state index contributed by atoms with van der Waals surface area (Å²) in [6.45, 7) is 5.21. The number of aryl methyl sites for hydroxylation is 1. The highest BCUT2D eigenvalue weighted by Crippen LogP contribution is 2.15. The van der Waals surface area contributed by atoms with Crippen LogP contribution in [0.5, 0.6) is 0 Å². The van der Waals surface area contributed by atoms with Crippen LogP contribution in [0.25, 0.3) is 0 Å². The molecule has 0 aromatic heterocycles. The number of hydrogen-bond acceptors (Lipinski definition) is 3. The van der Waals surface area contributed by atoms with Crippen molar-refractivity contribution >= 4 is 10.0 Å². The minimum Gasteiger partial charge on any atom is -0.377 e. The van der Waals surface area contributed by atoms with E-state index in [-0.39, 0.29) is 6.04 Å². The molecule has 28 heavy (non-hydrogen) atoms. The monoisotopic (exact) mass is 403 g/mol. The van der Waals surface area contributed by atoms with Crippen LogP contribution in [0.4, 0.5) is 0 Å². The molecule has 0 saturated carbocycles. The van der Waals surface area contributed by atoms with Crippen molar-refractivity contribution < 1.29 is 13.2 Å². The van der Waals surface area contributed by atoms with Gasteiger partial charge in [-0.05, 0) is 37.5 Å². The molecule has 4 nitrogen and oxygen atoms in total.